The Morgan fingerprint density at radius 3 is 1.98 bits per heavy atom. The number of carbonyl (C=O) groups excluding carboxylic acids is 2. The van der Waals surface area contributed by atoms with Gasteiger partial charge in [0.15, 0.2) is 0 Å². The minimum Gasteiger partial charge on any atom is -0.497 e. The number of anilines is 1. The van der Waals surface area contributed by atoms with Crippen LogP contribution in [0.5, 0.6) is 5.75 Å². The smallest absolute Gasteiger partial charge is 0.490 e. The molecule has 0 bridgehead atoms. The number of methoxy groups -OCH3 is 1. The highest BCUT2D eigenvalue weighted by Crippen LogP contribution is 2.35. The van der Waals surface area contributed by atoms with Crippen molar-refractivity contribution in [3.63, 3.8) is 0 Å². The van der Waals surface area contributed by atoms with Gasteiger partial charge in [0, 0.05) is 32.8 Å². The highest BCUT2D eigenvalue weighted by atomic mass is 19.4. The van der Waals surface area contributed by atoms with Gasteiger partial charge in [-0.15, -0.1) is 0 Å². The van der Waals surface area contributed by atoms with E-state index in [-0.39, 0.29) is 23.9 Å². The van der Waals surface area contributed by atoms with Gasteiger partial charge in [-0.3, -0.25) is 19.5 Å². The highest BCUT2D eigenvalue weighted by Gasteiger charge is 2.50. The van der Waals surface area contributed by atoms with Gasteiger partial charge in [0.1, 0.15) is 12.3 Å². The number of ether oxygens (including phenoxy) is 1. The first-order valence-corrected chi connectivity index (χ1v) is 12.3. The largest absolute Gasteiger partial charge is 0.497 e. The first-order chi connectivity index (χ1) is 19.9. The van der Waals surface area contributed by atoms with E-state index in [9.17, 15) is 35.9 Å². The molecule has 1 unspecified atom stereocenters. The summed E-state index contributed by atoms with van der Waals surface area (Å²) in [7, 11) is 1.66. The number of carboxylic acid groups (broad SMARTS) is 2. The fourth-order valence-electron chi connectivity index (χ4n) is 4.46. The van der Waals surface area contributed by atoms with Crippen molar-refractivity contribution in [3.8, 4) is 5.75 Å². The zero-order chi connectivity index (χ0) is 32.6. The Bertz CT molecular complexity index is 1250. The molecule has 1 atom stereocenters. The number of piperazine rings is 1. The quantitative estimate of drug-likeness (QED) is 0.492. The lowest BCUT2D eigenvalue weighted by molar-refractivity contribution is -0.193. The molecule has 17 heteroatoms. The minimum absolute atomic E-state index is 0.0458. The monoisotopic (exact) mass is 622 g/mol. The fraction of sp³-hybridized carbons (Fsp3) is 0.423. The third-order valence-corrected chi connectivity index (χ3v) is 6.42. The van der Waals surface area contributed by atoms with E-state index in [1.54, 1.807) is 36.2 Å². The van der Waals surface area contributed by atoms with Crippen LogP contribution in [0.1, 0.15) is 18.9 Å². The van der Waals surface area contributed by atoms with Crippen LogP contribution in [0, 0.1) is 0 Å². The molecule has 2 amide bonds. The molecule has 2 aromatic rings. The van der Waals surface area contributed by atoms with Gasteiger partial charge >= 0.3 is 24.3 Å². The molecule has 2 aliphatic rings. The molecular weight excluding hydrogens is 594 g/mol. The number of amides is 2. The predicted molar refractivity (Wildman–Crippen MR) is 137 cm³/mol. The van der Waals surface area contributed by atoms with Crippen molar-refractivity contribution in [3.05, 3.63) is 54.4 Å². The summed E-state index contributed by atoms with van der Waals surface area (Å²) >= 11 is 0. The molecule has 0 radical (unpaired) electrons. The lowest BCUT2D eigenvalue weighted by atomic mass is 9.91. The van der Waals surface area contributed by atoms with Crippen molar-refractivity contribution in [2.45, 2.75) is 37.8 Å². The average molecular weight is 623 g/mol. The van der Waals surface area contributed by atoms with Crippen LogP contribution in [-0.2, 0) is 25.7 Å². The highest BCUT2D eigenvalue weighted by molar-refractivity contribution is 5.98. The number of aromatic nitrogens is 1. The third-order valence-electron chi connectivity index (χ3n) is 6.42. The van der Waals surface area contributed by atoms with Crippen molar-refractivity contribution in [2.24, 2.45) is 0 Å². The maximum atomic E-state index is 12.8. The van der Waals surface area contributed by atoms with E-state index in [4.69, 9.17) is 24.5 Å². The molecule has 1 spiro atoms. The second kappa shape index (κ2) is 14.2. The van der Waals surface area contributed by atoms with Crippen LogP contribution in [0.3, 0.4) is 0 Å². The molecule has 236 valence electrons. The summed E-state index contributed by atoms with van der Waals surface area (Å²) in [5, 5.41) is 14.2. The van der Waals surface area contributed by atoms with Crippen molar-refractivity contribution in [1.29, 1.82) is 0 Å². The number of hydrogen-bond donors (Lipinski definition) is 2. The Labute approximate surface area is 241 Å². The predicted octanol–water partition coefficient (Wildman–Crippen LogP) is 3.20. The summed E-state index contributed by atoms with van der Waals surface area (Å²) < 4.78 is 68.7. The van der Waals surface area contributed by atoms with Crippen LogP contribution < -0.4 is 9.64 Å². The number of nitrogens with zero attached hydrogens (tertiary/aromatic N) is 4. The molecule has 43 heavy (non-hydrogen) atoms. The molecule has 2 N–H and O–H groups in total. The van der Waals surface area contributed by atoms with Crippen LogP contribution >= 0.6 is 0 Å². The number of likely N-dealkylation sites (tertiary alicyclic amines) is 1. The van der Waals surface area contributed by atoms with E-state index in [1.807, 2.05) is 24.3 Å². The summed E-state index contributed by atoms with van der Waals surface area (Å²) in [6, 6.07) is 11.8. The second-order valence-electron chi connectivity index (χ2n) is 9.44. The van der Waals surface area contributed by atoms with Crippen LogP contribution in [0.4, 0.5) is 32.0 Å². The lowest BCUT2D eigenvalue weighted by Gasteiger charge is -2.48. The minimum atomic E-state index is -5.08. The maximum Gasteiger partial charge on any atom is 0.490 e. The van der Waals surface area contributed by atoms with E-state index in [0.29, 0.717) is 6.54 Å². The standard InChI is InChI=1S/C22H26N4O3.2C2HF3O2/c1-17(27)26-14-21(28)25(19-4-3-10-23-12-19)16-22(26)9-11-24(15-22)13-18-5-7-20(29-2)8-6-18;2*3-2(4,5)1(6)7/h3-8,10,12H,9,11,13-16H2,1-2H3;2*(H,6,7). The Kier molecular flexibility index (Phi) is 11.5. The van der Waals surface area contributed by atoms with Crippen molar-refractivity contribution in [2.75, 3.05) is 38.2 Å². The summed E-state index contributed by atoms with van der Waals surface area (Å²) in [5.41, 5.74) is 1.61. The van der Waals surface area contributed by atoms with E-state index in [0.717, 1.165) is 37.5 Å². The van der Waals surface area contributed by atoms with Crippen LogP contribution in [0.2, 0.25) is 0 Å². The van der Waals surface area contributed by atoms with E-state index in [2.05, 4.69) is 22.0 Å². The molecule has 2 aliphatic heterocycles. The number of hydrogen-bond acceptors (Lipinski definition) is 7. The SMILES string of the molecule is COc1ccc(CN2CCC3(C2)CN(c2cccnc2)C(=O)CN3C(C)=O)cc1.O=C(O)C(F)(F)F.O=C(O)C(F)(F)F. The number of pyridine rings is 1. The van der Waals surface area contributed by atoms with Crippen LogP contribution in [0.15, 0.2) is 48.8 Å². The zero-order valence-electron chi connectivity index (χ0n) is 22.9. The van der Waals surface area contributed by atoms with Crippen molar-refractivity contribution >= 4 is 29.4 Å². The molecule has 11 nitrogen and oxygen atoms in total. The number of aliphatic carboxylic acids is 2. The van der Waals surface area contributed by atoms with E-state index < -0.39 is 24.3 Å². The van der Waals surface area contributed by atoms with Gasteiger partial charge in [-0.1, -0.05) is 12.1 Å². The summed E-state index contributed by atoms with van der Waals surface area (Å²) in [4.78, 5) is 53.0. The Morgan fingerprint density at radius 1 is 0.977 bits per heavy atom. The average Bonchev–Trinajstić information content (AvgIpc) is 3.32. The van der Waals surface area contributed by atoms with E-state index >= 15 is 0 Å². The first kappa shape index (κ1) is 34.8. The molecule has 0 aliphatic carbocycles. The normalized spacial score (nSPS) is 18.7. The number of alkyl halides is 6. The molecule has 3 heterocycles. The first-order valence-electron chi connectivity index (χ1n) is 12.3. The summed E-state index contributed by atoms with van der Waals surface area (Å²) in [6.45, 7) is 4.59. The van der Waals surface area contributed by atoms with Crippen LogP contribution in [-0.4, -0.2) is 99.9 Å². The number of rotatable bonds is 4. The molecule has 4 rings (SSSR count). The topological polar surface area (TPSA) is 141 Å². The summed E-state index contributed by atoms with van der Waals surface area (Å²) in [6.07, 6.45) is -5.92. The van der Waals surface area contributed by atoms with E-state index in [1.165, 1.54) is 5.56 Å². The number of carbonyl (C=O) groups is 4. The van der Waals surface area contributed by atoms with Crippen molar-refractivity contribution < 1.29 is 60.5 Å². The molecule has 1 aromatic heterocycles. The number of carboxylic acids is 2. The van der Waals surface area contributed by atoms with Gasteiger partial charge in [-0.2, -0.15) is 26.3 Å². The molecular formula is C26H28F6N4O7. The lowest BCUT2D eigenvalue weighted by Crippen LogP contribution is -2.66. The van der Waals surface area contributed by atoms with Crippen molar-refractivity contribution in [1.82, 2.24) is 14.8 Å². The van der Waals surface area contributed by atoms with Gasteiger partial charge in [0.2, 0.25) is 11.8 Å². The number of benzene rings is 1. The molecule has 2 saturated heterocycles. The molecule has 2 fully saturated rings. The third kappa shape index (κ3) is 9.83. The van der Waals surface area contributed by atoms with Gasteiger partial charge < -0.3 is 24.7 Å². The molecule has 0 saturated carbocycles. The Hall–Kier alpha value is -4.41. The Morgan fingerprint density at radius 2 is 1.53 bits per heavy atom. The number of halogens is 6. The van der Waals surface area contributed by atoms with Gasteiger partial charge in [0.25, 0.3) is 0 Å². The maximum absolute atomic E-state index is 12.8. The Balaban J connectivity index is 0.000000384. The zero-order valence-corrected chi connectivity index (χ0v) is 22.9. The summed E-state index contributed by atoms with van der Waals surface area (Å²) in [5.74, 6) is -4.78. The molecule has 1 aromatic carbocycles. The second-order valence-corrected chi connectivity index (χ2v) is 9.44. The van der Waals surface area contributed by atoms with Gasteiger partial charge in [0.05, 0.1) is 31.1 Å². The van der Waals surface area contributed by atoms with Gasteiger partial charge in [-0.25, -0.2) is 9.59 Å². The van der Waals surface area contributed by atoms with Gasteiger partial charge in [-0.05, 0) is 36.2 Å². The fourth-order valence-corrected chi connectivity index (χ4v) is 4.46. The van der Waals surface area contributed by atoms with Crippen LogP contribution in [0.25, 0.3) is 0 Å².